The number of methoxy groups -OCH3 is 1. The van der Waals surface area contributed by atoms with Gasteiger partial charge in [0.15, 0.2) is 0 Å². The Labute approximate surface area is 229 Å². The molecule has 3 aromatic rings. The minimum atomic E-state index is -1.06. The third kappa shape index (κ3) is 4.74. The van der Waals surface area contributed by atoms with Crippen LogP contribution in [0.25, 0.3) is 10.9 Å². The summed E-state index contributed by atoms with van der Waals surface area (Å²) in [6.07, 6.45) is 1.07. The summed E-state index contributed by atoms with van der Waals surface area (Å²) < 4.78 is 11.0. The van der Waals surface area contributed by atoms with Crippen LogP contribution in [0, 0.1) is 0 Å². The van der Waals surface area contributed by atoms with E-state index in [0.29, 0.717) is 32.6 Å². The summed E-state index contributed by atoms with van der Waals surface area (Å²) in [7, 11) is 1.69. The van der Waals surface area contributed by atoms with Gasteiger partial charge >= 0.3 is 6.03 Å². The van der Waals surface area contributed by atoms with Gasteiger partial charge in [0, 0.05) is 43.2 Å². The summed E-state index contributed by atoms with van der Waals surface area (Å²) in [4.78, 5) is 37.0. The molecule has 1 aromatic heterocycles. The number of aromatic nitrogens is 1. The van der Waals surface area contributed by atoms with Gasteiger partial charge in [-0.15, -0.1) is 0 Å². The van der Waals surface area contributed by atoms with Crippen molar-refractivity contribution >= 4 is 22.8 Å². The van der Waals surface area contributed by atoms with E-state index in [2.05, 4.69) is 16.8 Å². The standard InChI is InChI=1S/C30H38N4O5/c1-5-32(15-16-38-4)13-8-14-33-28(36)30(3)19-24-23-18-22(39-6-2)11-12-25(23)31-26(24)27(34(30)29(33)37)20-9-7-10-21(35)17-20/h7,9-12,17-18,27,31,35H,5-6,8,13-16,19H2,1-4H3. The number of aromatic amines is 1. The number of nitrogens with one attached hydrogen (secondary N) is 1. The number of fused-ring (bicyclic) bond motifs is 4. The molecular formula is C30H38N4O5. The summed E-state index contributed by atoms with van der Waals surface area (Å²) in [5.74, 6) is 0.692. The second kappa shape index (κ2) is 10.9. The fraction of sp³-hybridized carbons (Fsp3) is 0.467. The van der Waals surface area contributed by atoms with Gasteiger partial charge < -0.3 is 24.5 Å². The second-order valence-electron chi connectivity index (χ2n) is 10.5. The van der Waals surface area contributed by atoms with Crippen LogP contribution in [-0.4, -0.2) is 88.8 Å². The number of hydrogen-bond donors (Lipinski definition) is 2. The van der Waals surface area contributed by atoms with Crippen molar-refractivity contribution in [1.82, 2.24) is 19.7 Å². The van der Waals surface area contributed by atoms with Crippen LogP contribution in [0.2, 0.25) is 0 Å². The Kier molecular flexibility index (Phi) is 7.55. The highest BCUT2D eigenvalue weighted by Gasteiger charge is 2.60. The number of aromatic hydroxyl groups is 1. The first-order valence-electron chi connectivity index (χ1n) is 13.7. The molecule has 0 saturated carbocycles. The Balaban J connectivity index is 1.53. The molecule has 0 radical (unpaired) electrons. The van der Waals surface area contributed by atoms with Gasteiger partial charge in [-0.3, -0.25) is 14.6 Å². The number of carbonyl (C=O) groups excluding carboxylic acids is 2. The molecule has 2 atom stereocenters. The van der Waals surface area contributed by atoms with Crippen LogP contribution in [0.15, 0.2) is 42.5 Å². The minimum absolute atomic E-state index is 0.113. The fourth-order valence-electron chi connectivity index (χ4n) is 6.09. The molecule has 9 heteroatoms. The number of likely N-dealkylation sites (N-methyl/N-ethyl adjacent to an activating group) is 1. The maximum atomic E-state index is 14.0. The molecule has 2 aliphatic rings. The number of amides is 3. The van der Waals surface area contributed by atoms with Crippen LogP contribution < -0.4 is 4.74 Å². The van der Waals surface area contributed by atoms with Crippen LogP contribution in [0.1, 0.15) is 50.1 Å². The summed E-state index contributed by atoms with van der Waals surface area (Å²) in [5.41, 5.74) is 2.47. The van der Waals surface area contributed by atoms with Crippen molar-refractivity contribution in [2.24, 2.45) is 0 Å². The number of H-pyrrole nitrogens is 1. The molecular weight excluding hydrogens is 496 g/mol. The molecule has 39 heavy (non-hydrogen) atoms. The van der Waals surface area contributed by atoms with E-state index >= 15 is 0 Å². The van der Waals surface area contributed by atoms with Crippen LogP contribution in [0.5, 0.6) is 11.5 Å². The molecule has 3 heterocycles. The predicted molar refractivity (Wildman–Crippen MR) is 149 cm³/mol. The van der Waals surface area contributed by atoms with Gasteiger partial charge in [-0.05, 0) is 74.8 Å². The van der Waals surface area contributed by atoms with Crippen LogP contribution in [0.4, 0.5) is 4.79 Å². The van der Waals surface area contributed by atoms with Gasteiger partial charge in [-0.2, -0.15) is 0 Å². The highest BCUT2D eigenvalue weighted by molar-refractivity contribution is 6.08. The van der Waals surface area contributed by atoms with Crippen molar-refractivity contribution in [2.75, 3.05) is 46.5 Å². The summed E-state index contributed by atoms with van der Waals surface area (Å²) >= 11 is 0. The van der Waals surface area contributed by atoms with Crippen LogP contribution in [-0.2, 0) is 16.0 Å². The zero-order valence-electron chi connectivity index (χ0n) is 23.2. The smallest absolute Gasteiger partial charge is 0.328 e. The van der Waals surface area contributed by atoms with Crippen molar-refractivity contribution in [3.63, 3.8) is 0 Å². The van der Waals surface area contributed by atoms with E-state index in [0.717, 1.165) is 53.1 Å². The average molecular weight is 535 g/mol. The van der Waals surface area contributed by atoms with Gasteiger partial charge in [0.1, 0.15) is 23.1 Å². The SMILES string of the molecule is CCOc1ccc2[nH]c3c(c2c1)CC1(C)C(=O)N(CCCN(CC)CCOC)C(=O)N1C3c1cccc(O)c1. The molecule has 1 fully saturated rings. The summed E-state index contributed by atoms with van der Waals surface area (Å²) in [5, 5.41) is 11.3. The Bertz CT molecular complexity index is 1370. The second-order valence-corrected chi connectivity index (χ2v) is 10.5. The fourth-order valence-corrected chi connectivity index (χ4v) is 6.09. The molecule has 5 rings (SSSR count). The first-order chi connectivity index (χ1) is 18.8. The summed E-state index contributed by atoms with van der Waals surface area (Å²) in [6.45, 7) is 9.91. The lowest BCUT2D eigenvalue weighted by Gasteiger charge is -2.42. The largest absolute Gasteiger partial charge is 0.508 e. The number of phenols is 1. The lowest BCUT2D eigenvalue weighted by molar-refractivity contribution is -0.133. The zero-order valence-corrected chi connectivity index (χ0v) is 23.2. The van der Waals surface area contributed by atoms with E-state index in [4.69, 9.17) is 9.47 Å². The topological polar surface area (TPSA) is 98.3 Å². The van der Waals surface area contributed by atoms with Crippen molar-refractivity contribution < 1.29 is 24.2 Å². The maximum Gasteiger partial charge on any atom is 0.328 e. The number of urea groups is 1. The Hall–Kier alpha value is -3.56. The predicted octanol–water partition coefficient (Wildman–Crippen LogP) is 4.30. The summed E-state index contributed by atoms with van der Waals surface area (Å²) in [6, 6.07) is 12.0. The Morgan fingerprint density at radius 2 is 1.97 bits per heavy atom. The lowest BCUT2D eigenvalue weighted by atomic mass is 9.81. The van der Waals surface area contributed by atoms with Gasteiger partial charge in [-0.25, -0.2) is 4.79 Å². The monoisotopic (exact) mass is 534 g/mol. The number of rotatable bonds is 11. The van der Waals surface area contributed by atoms with Gasteiger partial charge in [0.05, 0.1) is 13.2 Å². The van der Waals surface area contributed by atoms with E-state index in [9.17, 15) is 14.7 Å². The molecule has 208 valence electrons. The molecule has 0 aliphatic carbocycles. The highest BCUT2D eigenvalue weighted by atomic mass is 16.5. The zero-order chi connectivity index (χ0) is 27.7. The number of ether oxygens (including phenoxy) is 2. The third-order valence-electron chi connectivity index (χ3n) is 8.05. The van der Waals surface area contributed by atoms with E-state index in [-0.39, 0.29) is 17.7 Å². The molecule has 2 unspecified atom stereocenters. The lowest BCUT2D eigenvalue weighted by Crippen LogP contribution is -2.53. The molecule has 0 bridgehead atoms. The van der Waals surface area contributed by atoms with E-state index < -0.39 is 11.6 Å². The molecule has 3 amide bonds. The Morgan fingerprint density at radius 1 is 1.15 bits per heavy atom. The van der Waals surface area contributed by atoms with Crippen molar-refractivity contribution in [3.05, 3.63) is 59.3 Å². The van der Waals surface area contributed by atoms with E-state index in [1.54, 1.807) is 30.2 Å². The number of benzene rings is 2. The average Bonchev–Trinajstić information content (AvgIpc) is 3.36. The molecule has 2 aliphatic heterocycles. The van der Waals surface area contributed by atoms with Crippen LogP contribution >= 0.6 is 0 Å². The van der Waals surface area contributed by atoms with Gasteiger partial charge in [0.2, 0.25) is 0 Å². The maximum absolute atomic E-state index is 14.0. The quantitative estimate of drug-likeness (QED) is 0.356. The van der Waals surface area contributed by atoms with E-state index in [1.807, 2.05) is 38.1 Å². The number of imide groups is 1. The molecule has 0 spiro atoms. The normalized spacial score (nSPS) is 20.7. The van der Waals surface area contributed by atoms with Crippen molar-refractivity contribution in [1.29, 1.82) is 0 Å². The third-order valence-corrected chi connectivity index (χ3v) is 8.05. The first kappa shape index (κ1) is 27.0. The van der Waals surface area contributed by atoms with Gasteiger partial charge in [0.25, 0.3) is 5.91 Å². The molecule has 2 aromatic carbocycles. The van der Waals surface area contributed by atoms with E-state index in [1.165, 1.54) is 4.90 Å². The van der Waals surface area contributed by atoms with Gasteiger partial charge in [-0.1, -0.05) is 19.1 Å². The van der Waals surface area contributed by atoms with Crippen molar-refractivity contribution in [2.45, 2.75) is 45.2 Å². The minimum Gasteiger partial charge on any atom is -0.508 e. The number of hydrogen-bond acceptors (Lipinski definition) is 6. The Morgan fingerprint density at radius 3 is 2.69 bits per heavy atom. The first-order valence-corrected chi connectivity index (χ1v) is 13.7. The van der Waals surface area contributed by atoms with Crippen molar-refractivity contribution in [3.8, 4) is 11.5 Å². The molecule has 9 nitrogen and oxygen atoms in total. The highest BCUT2D eigenvalue weighted by Crippen LogP contribution is 2.49. The van der Waals surface area contributed by atoms with Crippen LogP contribution in [0.3, 0.4) is 0 Å². The number of phenolic OH excluding ortho intramolecular Hbond substituents is 1. The molecule has 2 N–H and O–H groups in total. The number of carbonyl (C=O) groups is 2. The number of nitrogens with zero attached hydrogens (tertiary/aromatic N) is 3. The molecule has 1 saturated heterocycles.